The molecule has 0 saturated heterocycles. The predicted molar refractivity (Wildman–Crippen MR) is 159 cm³/mol. The first-order valence-electron chi connectivity index (χ1n) is 12.6. The van der Waals surface area contributed by atoms with Crippen LogP contribution < -0.4 is 15.0 Å². The van der Waals surface area contributed by atoms with Gasteiger partial charge >= 0.3 is 0 Å². The van der Waals surface area contributed by atoms with E-state index in [1.807, 2.05) is 54.7 Å². The van der Waals surface area contributed by atoms with Crippen molar-refractivity contribution in [3.8, 4) is 11.5 Å². The smallest absolute Gasteiger partial charge is 0.250 e. The predicted octanol–water partition coefficient (Wildman–Crippen LogP) is 6.43. The van der Waals surface area contributed by atoms with E-state index in [2.05, 4.69) is 28.9 Å². The highest BCUT2D eigenvalue weighted by Gasteiger charge is 2.22. The van der Waals surface area contributed by atoms with E-state index in [-0.39, 0.29) is 36.6 Å². The van der Waals surface area contributed by atoms with E-state index in [1.165, 1.54) is 5.56 Å². The van der Waals surface area contributed by atoms with Crippen LogP contribution in [-0.4, -0.2) is 34.3 Å². The summed E-state index contributed by atoms with van der Waals surface area (Å²) in [5.41, 5.74) is 3.20. The molecule has 1 unspecified atom stereocenters. The molecule has 0 spiro atoms. The third kappa shape index (κ3) is 7.97. The second-order valence-electron chi connectivity index (χ2n) is 9.06. The van der Waals surface area contributed by atoms with Gasteiger partial charge in [0.25, 0.3) is 5.56 Å². The van der Waals surface area contributed by atoms with Crippen LogP contribution in [0.5, 0.6) is 11.5 Å². The molecule has 0 amide bonds. The van der Waals surface area contributed by atoms with Gasteiger partial charge in [-0.1, -0.05) is 37.6 Å². The van der Waals surface area contributed by atoms with Crippen molar-refractivity contribution in [3.63, 3.8) is 0 Å². The lowest BCUT2D eigenvalue weighted by Crippen LogP contribution is -2.40. The van der Waals surface area contributed by atoms with Crippen molar-refractivity contribution in [2.75, 3.05) is 13.7 Å². The Hall–Kier alpha value is -3.06. The molecule has 0 radical (unpaired) electrons. The first kappa shape index (κ1) is 31.2. The summed E-state index contributed by atoms with van der Waals surface area (Å²) in [6, 6.07) is 21.7. The fourth-order valence-corrected chi connectivity index (χ4v) is 4.48. The molecule has 6 nitrogen and oxygen atoms in total. The van der Waals surface area contributed by atoms with Gasteiger partial charge in [-0.3, -0.25) is 14.7 Å². The molecule has 0 bridgehead atoms. The molecule has 38 heavy (non-hydrogen) atoms. The van der Waals surface area contributed by atoms with Gasteiger partial charge in [0.05, 0.1) is 12.6 Å². The Kier molecular flexibility index (Phi) is 12.6. The summed E-state index contributed by atoms with van der Waals surface area (Å²) in [6.07, 6.45) is 7.54. The number of nitrogens with zero attached hydrogens (tertiary/aromatic N) is 3. The van der Waals surface area contributed by atoms with Gasteiger partial charge in [-0.25, -0.2) is 0 Å². The zero-order valence-electron chi connectivity index (χ0n) is 22.2. The first-order chi connectivity index (χ1) is 17.6. The molecule has 204 valence electrons. The zero-order valence-corrected chi connectivity index (χ0v) is 23.8. The van der Waals surface area contributed by atoms with E-state index >= 15 is 0 Å². The van der Waals surface area contributed by atoms with Crippen LogP contribution in [-0.2, 0) is 20.0 Å². The number of hydrogen-bond acceptors (Lipinski definition) is 5. The fourth-order valence-electron chi connectivity index (χ4n) is 4.48. The number of rotatable bonds is 12. The first-order valence-corrected chi connectivity index (χ1v) is 12.6. The number of pyridine rings is 2. The highest BCUT2D eigenvalue weighted by Crippen LogP contribution is 2.26. The number of methoxy groups -OCH3 is 1. The van der Waals surface area contributed by atoms with Gasteiger partial charge in [0, 0.05) is 49.5 Å². The SMILES string of the molecule is CCCCC(Oc1ccc2c(ccc(=O)n2C)c1)N(CCc1cccnc1)Cc1ccccc1OC.Cl.Cl. The second-order valence-corrected chi connectivity index (χ2v) is 9.06. The minimum absolute atomic E-state index is 0. The van der Waals surface area contributed by atoms with Crippen molar-refractivity contribution >= 4 is 35.7 Å². The molecule has 8 heteroatoms. The number of para-hydroxylation sites is 1. The highest BCUT2D eigenvalue weighted by molar-refractivity contribution is 5.85. The second kappa shape index (κ2) is 15.4. The van der Waals surface area contributed by atoms with E-state index < -0.39 is 0 Å². The summed E-state index contributed by atoms with van der Waals surface area (Å²) in [6.45, 7) is 3.73. The quantitative estimate of drug-likeness (QED) is 0.188. The molecule has 2 aromatic carbocycles. The molecule has 2 aromatic heterocycles. The molecule has 0 aliphatic carbocycles. The minimum Gasteiger partial charge on any atom is -0.496 e. The minimum atomic E-state index is -0.114. The van der Waals surface area contributed by atoms with Crippen LogP contribution in [0.2, 0.25) is 0 Å². The Balaban J connectivity index is 0.00000253. The van der Waals surface area contributed by atoms with Crippen molar-refractivity contribution in [1.29, 1.82) is 0 Å². The Morgan fingerprint density at radius 1 is 1.03 bits per heavy atom. The lowest BCUT2D eigenvalue weighted by molar-refractivity contribution is 0.0113. The maximum Gasteiger partial charge on any atom is 0.250 e. The van der Waals surface area contributed by atoms with Gasteiger partial charge in [0.15, 0.2) is 6.23 Å². The maximum atomic E-state index is 12.0. The highest BCUT2D eigenvalue weighted by atomic mass is 35.5. The van der Waals surface area contributed by atoms with Gasteiger partial charge in [0.2, 0.25) is 0 Å². The van der Waals surface area contributed by atoms with Crippen LogP contribution in [0.3, 0.4) is 0 Å². The summed E-state index contributed by atoms with van der Waals surface area (Å²) in [5, 5.41) is 0.982. The average molecular weight is 559 g/mol. The number of aryl methyl sites for hydroxylation is 1. The van der Waals surface area contributed by atoms with Gasteiger partial charge in [-0.05, 0) is 61.2 Å². The van der Waals surface area contributed by atoms with Gasteiger partial charge < -0.3 is 14.0 Å². The van der Waals surface area contributed by atoms with Gasteiger partial charge in [-0.2, -0.15) is 0 Å². The third-order valence-electron chi connectivity index (χ3n) is 6.56. The number of ether oxygens (including phenoxy) is 2. The van der Waals surface area contributed by atoms with E-state index in [1.54, 1.807) is 31.0 Å². The van der Waals surface area contributed by atoms with Crippen molar-refractivity contribution in [3.05, 3.63) is 101 Å². The largest absolute Gasteiger partial charge is 0.496 e. The summed E-state index contributed by atoms with van der Waals surface area (Å²) in [4.78, 5) is 18.7. The Bertz CT molecular complexity index is 1330. The van der Waals surface area contributed by atoms with Crippen LogP contribution in [0, 0.1) is 0 Å². The summed E-state index contributed by atoms with van der Waals surface area (Å²) < 4.78 is 14.0. The molecule has 1 atom stereocenters. The fraction of sp³-hybridized carbons (Fsp3) is 0.333. The standard InChI is InChI=1S/C30H35N3O3.2ClH/c1-4-5-12-30(36-26-14-15-27-24(20-26)13-16-29(34)32(27)2)33(19-17-23-9-8-18-31-21-23)22-25-10-6-7-11-28(25)35-3;;/h6-11,13-16,18,20-21,30H,4-5,12,17,19,22H2,1-3H3;2*1H. The van der Waals surface area contributed by atoms with E-state index in [0.717, 1.165) is 60.2 Å². The van der Waals surface area contributed by atoms with Crippen molar-refractivity contribution in [2.45, 2.75) is 45.4 Å². The van der Waals surface area contributed by atoms with Crippen molar-refractivity contribution < 1.29 is 9.47 Å². The Morgan fingerprint density at radius 3 is 2.58 bits per heavy atom. The molecular weight excluding hydrogens is 521 g/mol. The number of benzene rings is 2. The van der Waals surface area contributed by atoms with Gasteiger partial charge in [-0.15, -0.1) is 24.8 Å². The molecule has 4 rings (SSSR count). The van der Waals surface area contributed by atoms with Crippen LogP contribution in [0.4, 0.5) is 0 Å². The topological polar surface area (TPSA) is 56.6 Å². The molecule has 0 fully saturated rings. The molecule has 2 heterocycles. The summed E-state index contributed by atoms with van der Waals surface area (Å²) in [7, 11) is 3.51. The van der Waals surface area contributed by atoms with E-state index in [9.17, 15) is 4.79 Å². The van der Waals surface area contributed by atoms with Crippen molar-refractivity contribution in [2.24, 2.45) is 7.05 Å². The third-order valence-corrected chi connectivity index (χ3v) is 6.56. The lowest BCUT2D eigenvalue weighted by Gasteiger charge is -2.33. The van der Waals surface area contributed by atoms with Crippen LogP contribution in [0.25, 0.3) is 10.9 Å². The average Bonchev–Trinajstić information content (AvgIpc) is 2.92. The molecule has 4 aromatic rings. The van der Waals surface area contributed by atoms with Crippen LogP contribution in [0.1, 0.15) is 37.3 Å². The number of halogens is 2. The van der Waals surface area contributed by atoms with Crippen molar-refractivity contribution in [1.82, 2.24) is 14.5 Å². The molecule has 0 saturated carbocycles. The number of fused-ring (bicyclic) bond motifs is 1. The number of aromatic nitrogens is 2. The number of unbranched alkanes of at least 4 members (excludes halogenated alkanes) is 1. The summed E-state index contributed by atoms with van der Waals surface area (Å²) in [5.74, 6) is 1.68. The molecule has 0 aliphatic rings. The zero-order chi connectivity index (χ0) is 25.3. The molecule has 0 N–H and O–H groups in total. The van der Waals surface area contributed by atoms with Crippen LogP contribution in [0.15, 0.2) is 83.9 Å². The monoisotopic (exact) mass is 557 g/mol. The Morgan fingerprint density at radius 2 is 1.84 bits per heavy atom. The van der Waals surface area contributed by atoms with E-state index in [4.69, 9.17) is 9.47 Å². The van der Waals surface area contributed by atoms with Gasteiger partial charge in [0.1, 0.15) is 11.5 Å². The Labute approximate surface area is 237 Å². The maximum absolute atomic E-state index is 12.0. The van der Waals surface area contributed by atoms with E-state index in [0.29, 0.717) is 6.54 Å². The normalized spacial score (nSPS) is 11.5. The number of hydrogen-bond donors (Lipinski definition) is 0. The summed E-state index contributed by atoms with van der Waals surface area (Å²) >= 11 is 0. The lowest BCUT2D eigenvalue weighted by atomic mass is 10.1. The molecular formula is C30H37Cl2N3O3. The van der Waals surface area contributed by atoms with Crippen LogP contribution >= 0.6 is 24.8 Å². The molecule has 0 aliphatic heterocycles.